The summed E-state index contributed by atoms with van der Waals surface area (Å²) >= 11 is 0. The third kappa shape index (κ3) is 6.64. The zero-order valence-electron chi connectivity index (χ0n) is 21.2. The lowest BCUT2D eigenvalue weighted by Gasteiger charge is -2.34. The van der Waals surface area contributed by atoms with Crippen LogP contribution >= 0.6 is 0 Å². The maximum absolute atomic E-state index is 4.47. The van der Waals surface area contributed by atoms with Crippen molar-refractivity contribution < 1.29 is 0 Å². The van der Waals surface area contributed by atoms with Crippen LogP contribution in [0.15, 0.2) is 66.6 Å². The minimum Gasteiger partial charge on any atom is -0.373 e. The maximum Gasteiger partial charge on any atom is 0.126 e. The Bertz CT molecular complexity index is 1200. The van der Waals surface area contributed by atoms with E-state index in [1.165, 1.54) is 53.7 Å². The second-order valence-corrected chi connectivity index (χ2v) is 9.63. The number of fused-ring (bicyclic) bond motifs is 1. The molecule has 5 heteroatoms. The molecule has 0 radical (unpaired) electrons. The fourth-order valence-corrected chi connectivity index (χ4v) is 4.72. The molecular formula is C30H37N5. The van der Waals surface area contributed by atoms with Crippen molar-refractivity contribution >= 4 is 34.5 Å². The molecule has 0 unspecified atom stereocenters. The topological polar surface area (TPSA) is 53.4 Å². The van der Waals surface area contributed by atoms with E-state index in [1.807, 2.05) is 44.0 Å². The number of rotatable bonds is 6. The highest BCUT2D eigenvalue weighted by Crippen LogP contribution is 2.26. The number of hydrogen-bond donors (Lipinski definition) is 1. The van der Waals surface area contributed by atoms with Crippen LogP contribution in [0.5, 0.6) is 0 Å². The average Bonchev–Trinajstić information content (AvgIpc) is 3.44. The number of allylic oxidation sites excluding steroid dienone is 1. The van der Waals surface area contributed by atoms with Crippen LogP contribution < -0.4 is 5.32 Å². The summed E-state index contributed by atoms with van der Waals surface area (Å²) in [5, 5.41) is 5.42. The van der Waals surface area contributed by atoms with Gasteiger partial charge in [-0.2, -0.15) is 0 Å². The molecule has 35 heavy (non-hydrogen) atoms. The number of nitrogens with one attached hydrogen (secondary N) is 1. The van der Waals surface area contributed by atoms with Crippen LogP contribution in [-0.2, 0) is 6.42 Å². The Hall–Kier alpha value is -3.31. The summed E-state index contributed by atoms with van der Waals surface area (Å²) in [6, 6.07) is 13.4. The van der Waals surface area contributed by atoms with Gasteiger partial charge in [-0.25, -0.2) is 4.98 Å². The number of likely N-dealkylation sites (tertiary alicyclic amines) is 1. The van der Waals surface area contributed by atoms with Crippen LogP contribution in [0.3, 0.4) is 0 Å². The van der Waals surface area contributed by atoms with Gasteiger partial charge in [0.15, 0.2) is 0 Å². The van der Waals surface area contributed by atoms with Crippen molar-refractivity contribution in [2.24, 2.45) is 10.9 Å². The smallest absolute Gasteiger partial charge is 0.126 e. The van der Waals surface area contributed by atoms with Gasteiger partial charge in [-0.15, -0.1) is 0 Å². The van der Waals surface area contributed by atoms with Crippen LogP contribution in [-0.4, -0.2) is 47.3 Å². The Balaban J connectivity index is 0.000000165. The highest BCUT2D eigenvalue weighted by molar-refractivity contribution is 5.90. The highest BCUT2D eigenvalue weighted by atomic mass is 15.1. The average molecular weight is 468 g/mol. The molecule has 0 spiro atoms. The summed E-state index contributed by atoms with van der Waals surface area (Å²) in [7, 11) is 1.88. The number of aliphatic imine (C=N–C) groups is 1. The summed E-state index contributed by atoms with van der Waals surface area (Å²) in [5.74, 6) is 1.69. The Morgan fingerprint density at radius 1 is 1.09 bits per heavy atom. The molecule has 0 aliphatic carbocycles. The fraction of sp³-hybridized carbons (Fsp3) is 0.367. The van der Waals surface area contributed by atoms with Crippen molar-refractivity contribution in [2.45, 2.75) is 45.6 Å². The molecule has 1 fully saturated rings. The number of nitrogens with zero attached hydrogens (tertiary/aromatic N) is 4. The molecule has 2 aromatic heterocycles. The summed E-state index contributed by atoms with van der Waals surface area (Å²) in [5.41, 5.74) is 4.91. The molecule has 0 amide bonds. The van der Waals surface area contributed by atoms with Gasteiger partial charge < -0.3 is 10.2 Å². The van der Waals surface area contributed by atoms with Gasteiger partial charge in [0.05, 0.1) is 0 Å². The second-order valence-electron chi connectivity index (χ2n) is 9.63. The summed E-state index contributed by atoms with van der Waals surface area (Å²) in [6.07, 6.45) is 14.2. The van der Waals surface area contributed by atoms with Crippen molar-refractivity contribution in [2.75, 3.05) is 25.5 Å². The Morgan fingerprint density at radius 2 is 1.91 bits per heavy atom. The lowest BCUT2D eigenvalue weighted by Crippen LogP contribution is -2.38. The van der Waals surface area contributed by atoms with Crippen molar-refractivity contribution in [3.63, 3.8) is 0 Å². The molecule has 4 heterocycles. The monoisotopic (exact) mass is 467 g/mol. The Morgan fingerprint density at radius 3 is 2.60 bits per heavy atom. The van der Waals surface area contributed by atoms with E-state index in [-0.39, 0.29) is 0 Å². The molecule has 2 aliphatic rings. The number of pyridine rings is 2. The van der Waals surface area contributed by atoms with E-state index in [1.54, 1.807) is 0 Å². The highest BCUT2D eigenvalue weighted by Gasteiger charge is 2.21. The molecule has 1 aromatic carbocycles. The molecule has 1 N–H and O–H groups in total. The quantitative estimate of drug-likeness (QED) is 0.451. The predicted molar refractivity (Wildman–Crippen MR) is 150 cm³/mol. The number of piperidine rings is 1. The number of hydrogen-bond acceptors (Lipinski definition) is 5. The van der Waals surface area contributed by atoms with E-state index in [9.17, 15) is 0 Å². The molecular weight excluding hydrogens is 430 g/mol. The SMILES string of the molecule is C=Cc1ccnc(CC2CCN(C(C)C)CC2)c1.CNc1cc2cc(C3=CN=CC3)ccc2cn1. The van der Waals surface area contributed by atoms with Crippen LogP contribution in [0.2, 0.25) is 0 Å². The third-order valence-electron chi connectivity index (χ3n) is 6.95. The molecule has 1 saturated heterocycles. The minimum atomic E-state index is 0.688. The van der Waals surface area contributed by atoms with Crippen molar-refractivity contribution in [1.29, 1.82) is 0 Å². The zero-order chi connectivity index (χ0) is 24.6. The minimum absolute atomic E-state index is 0.688. The van der Waals surface area contributed by atoms with Crippen LogP contribution in [0.1, 0.15) is 49.9 Å². The van der Waals surface area contributed by atoms with Crippen LogP contribution in [0.25, 0.3) is 22.4 Å². The van der Waals surface area contributed by atoms with Crippen molar-refractivity contribution in [1.82, 2.24) is 14.9 Å². The van der Waals surface area contributed by atoms with E-state index in [4.69, 9.17) is 0 Å². The van der Waals surface area contributed by atoms with Crippen molar-refractivity contribution in [3.05, 3.63) is 78.4 Å². The van der Waals surface area contributed by atoms with Crippen LogP contribution in [0, 0.1) is 5.92 Å². The van der Waals surface area contributed by atoms with Gasteiger partial charge in [0.2, 0.25) is 0 Å². The molecule has 2 aliphatic heterocycles. The van der Waals surface area contributed by atoms with E-state index in [0.717, 1.165) is 30.0 Å². The van der Waals surface area contributed by atoms with Gasteiger partial charge in [0.1, 0.15) is 5.82 Å². The van der Waals surface area contributed by atoms with Crippen molar-refractivity contribution in [3.8, 4) is 0 Å². The molecule has 3 aromatic rings. The third-order valence-corrected chi connectivity index (χ3v) is 6.95. The largest absolute Gasteiger partial charge is 0.373 e. The number of benzene rings is 1. The van der Waals surface area contributed by atoms with E-state index in [0.29, 0.717) is 6.04 Å². The first-order chi connectivity index (χ1) is 17.1. The van der Waals surface area contributed by atoms with Gasteiger partial charge in [-0.05, 0) is 98.5 Å². The molecule has 0 bridgehead atoms. The molecule has 5 nitrogen and oxygen atoms in total. The van der Waals surface area contributed by atoms with Gasteiger partial charge in [0, 0.05) is 55.4 Å². The zero-order valence-corrected chi connectivity index (χ0v) is 21.2. The van der Waals surface area contributed by atoms with Gasteiger partial charge >= 0.3 is 0 Å². The molecule has 0 atom stereocenters. The summed E-state index contributed by atoms with van der Waals surface area (Å²) in [4.78, 5) is 15.5. The fourth-order valence-electron chi connectivity index (χ4n) is 4.72. The number of aromatic nitrogens is 2. The maximum atomic E-state index is 4.47. The summed E-state index contributed by atoms with van der Waals surface area (Å²) in [6.45, 7) is 10.9. The lowest BCUT2D eigenvalue weighted by atomic mass is 9.91. The van der Waals surface area contributed by atoms with Gasteiger partial charge in [-0.1, -0.05) is 24.8 Å². The van der Waals surface area contributed by atoms with E-state index >= 15 is 0 Å². The molecule has 182 valence electrons. The Kier molecular flexibility index (Phi) is 8.43. The van der Waals surface area contributed by atoms with Crippen LogP contribution in [0.4, 0.5) is 5.82 Å². The van der Waals surface area contributed by atoms with Gasteiger partial charge in [-0.3, -0.25) is 9.98 Å². The first-order valence-corrected chi connectivity index (χ1v) is 12.7. The normalized spacial score (nSPS) is 16.2. The standard InChI is InChI=1S/C16H24N2.C14H13N3/c1-4-14-5-8-17-16(11-14)12-15-6-9-18(10-7-15)13(2)3;1-15-14-7-13-6-10(12-4-5-16-8-12)2-3-11(13)9-17-14/h4-5,8,11,13,15H,1,6-7,9-10,12H2,2-3H3;2-3,5-9H,4H2,1H3,(H,15,17). The van der Waals surface area contributed by atoms with E-state index in [2.05, 4.69) is 75.9 Å². The first kappa shape index (κ1) is 24.8. The van der Waals surface area contributed by atoms with Gasteiger partial charge in [0.25, 0.3) is 0 Å². The summed E-state index contributed by atoms with van der Waals surface area (Å²) < 4.78 is 0. The first-order valence-electron chi connectivity index (χ1n) is 12.7. The number of anilines is 1. The molecule has 0 saturated carbocycles. The molecule has 5 rings (SSSR count). The lowest BCUT2D eigenvalue weighted by molar-refractivity contribution is 0.149. The van der Waals surface area contributed by atoms with E-state index < -0.39 is 0 Å². The second kappa shape index (κ2) is 11.9. The Labute approximate surface area is 209 Å². The predicted octanol–water partition coefficient (Wildman–Crippen LogP) is 6.48.